The summed E-state index contributed by atoms with van der Waals surface area (Å²) in [6, 6.07) is 5.86. The molecule has 31 heavy (non-hydrogen) atoms. The van der Waals surface area contributed by atoms with Crippen molar-refractivity contribution in [2.75, 3.05) is 37.7 Å². The van der Waals surface area contributed by atoms with Crippen LogP contribution >= 0.6 is 0 Å². The number of fused-ring (bicyclic) bond motifs is 2. The van der Waals surface area contributed by atoms with E-state index in [1.807, 2.05) is 24.4 Å². The second-order valence-electron chi connectivity index (χ2n) is 8.12. The van der Waals surface area contributed by atoms with Crippen LogP contribution in [0, 0.1) is 0 Å². The van der Waals surface area contributed by atoms with Crippen LogP contribution in [0.25, 0.3) is 10.9 Å². The molecule has 0 atom stereocenters. The largest absolute Gasteiger partial charge is 0.471 e. The third kappa shape index (κ3) is 4.32. The van der Waals surface area contributed by atoms with E-state index in [-0.39, 0.29) is 5.88 Å². The minimum atomic E-state index is -2.54. The van der Waals surface area contributed by atoms with Crippen molar-refractivity contribution in [1.82, 2.24) is 24.4 Å². The van der Waals surface area contributed by atoms with Crippen molar-refractivity contribution in [1.29, 1.82) is 0 Å². The summed E-state index contributed by atoms with van der Waals surface area (Å²) in [6.07, 6.45) is 4.40. The van der Waals surface area contributed by atoms with Gasteiger partial charge in [-0.05, 0) is 31.0 Å². The Bertz CT molecular complexity index is 1050. The number of ether oxygens (including phenoxy) is 1. The summed E-state index contributed by atoms with van der Waals surface area (Å²) in [5.41, 5.74) is 3.03. The number of rotatable bonds is 6. The van der Waals surface area contributed by atoms with Crippen molar-refractivity contribution in [3.05, 3.63) is 42.2 Å². The van der Waals surface area contributed by atoms with Crippen molar-refractivity contribution >= 4 is 16.6 Å². The number of anilines is 1. The fourth-order valence-corrected chi connectivity index (χ4v) is 4.47. The molecule has 2 aromatic heterocycles. The molecule has 0 aliphatic carbocycles. The van der Waals surface area contributed by atoms with Gasteiger partial charge in [0.2, 0.25) is 5.88 Å². The van der Waals surface area contributed by atoms with Crippen LogP contribution in [-0.2, 0) is 19.5 Å². The third-order valence-corrected chi connectivity index (χ3v) is 6.10. The van der Waals surface area contributed by atoms with Crippen molar-refractivity contribution < 1.29 is 13.5 Å². The molecule has 0 N–H and O–H groups in total. The average molecular weight is 428 g/mol. The molecule has 1 saturated heterocycles. The van der Waals surface area contributed by atoms with E-state index in [4.69, 9.17) is 4.74 Å². The van der Waals surface area contributed by atoms with Gasteiger partial charge in [0.05, 0.1) is 16.6 Å². The molecule has 4 heterocycles. The number of halogens is 2. The molecule has 3 aromatic rings. The second kappa shape index (κ2) is 8.74. The fraction of sp³-hybridized carbons (Fsp3) is 0.500. The SMILES string of the molecule is FC(F)COc1ncnc2ccc(N3CCN(Cc4cnc5n4CCCC5)CC3)cc12. The van der Waals surface area contributed by atoms with Gasteiger partial charge in [0, 0.05) is 57.6 Å². The van der Waals surface area contributed by atoms with Gasteiger partial charge in [-0.25, -0.2) is 23.7 Å². The van der Waals surface area contributed by atoms with E-state index in [9.17, 15) is 8.78 Å². The van der Waals surface area contributed by atoms with Crippen LogP contribution in [-0.4, -0.2) is 63.6 Å². The maximum atomic E-state index is 12.6. The summed E-state index contributed by atoms with van der Waals surface area (Å²) >= 11 is 0. The number of alkyl halides is 2. The summed E-state index contributed by atoms with van der Waals surface area (Å²) in [7, 11) is 0. The molecule has 7 nitrogen and oxygen atoms in total. The zero-order chi connectivity index (χ0) is 21.2. The Hall–Kier alpha value is -2.81. The Labute approximate surface area is 179 Å². The number of imidazole rings is 1. The molecule has 0 amide bonds. The summed E-state index contributed by atoms with van der Waals surface area (Å²) in [6.45, 7) is 5.04. The second-order valence-corrected chi connectivity index (χ2v) is 8.12. The first kappa shape index (κ1) is 20.1. The van der Waals surface area contributed by atoms with E-state index in [1.165, 1.54) is 30.7 Å². The Kier molecular flexibility index (Phi) is 5.67. The lowest BCUT2D eigenvalue weighted by Crippen LogP contribution is -2.46. The highest BCUT2D eigenvalue weighted by Gasteiger charge is 2.21. The smallest absolute Gasteiger partial charge is 0.272 e. The zero-order valence-corrected chi connectivity index (χ0v) is 17.4. The molecule has 2 aliphatic rings. The molecule has 2 aliphatic heterocycles. The first-order valence-corrected chi connectivity index (χ1v) is 10.8. The van der Waals surface area contributed by atoms with Crippen LogP contribution in [0.5, 0.6) is 5.88 Å². The highest BCUT2D eigenvalue weighted by molar-refractivity contribution is 5.86. The third-order valence-electron chi connectivity index (χ3n) is 6.10. The predicted octanol–water partition coefficient (Wildman–Crippen LogP) is 3.13. The summed E-state index contributed by atoms with van der Waals surface area (Å²) in [5, 5.41) is 0.661. The summed E-state index contributed by atoms with van der Waals surface area (Å²) in [5.74, 6) is 1.43. The lowest BCUT2D eigenvalue weighted by Gasteiger charge is -2.36. The van der Waals surface area contributed by atoms with Crippen molar-refractivity contribution in [3.8, 4) is 5.88 Å². The Balaban J connectivity index is 1.26. The van der Waals surface area contributed by atoms with Gasteiger partial charge in [0.25, 0.3) is 6.43 Å². The van der Waals surface area contributed by atoms with Crippen LogP contribution < -0.4 is 9.64 Å². The summed E-state index contributed by atoms with van der Waals surface area (Å²) < 4.78 is 32.7. The number of nitrogens with zero attached hydrogens (tertiary/aromatic N) is 6. The van der Waals surface area contributed by atoms with Gasteiger partial charge < -0.3 is 14.2 Å². The van der Waals surface area contributed by atoms with Crippen LogP contribution in [0.4, 0.5) is 14.5 Å². The number of aromatic nitrogens is 4. The minimum Gasteiger partial charge on any atom is -0.471 e. The van der Waals surface area contributed by atoms with Gasteiger partial charge in [-0.15, -0.1) is 0 Å². The molecular weight excluding hydrogens is 402 g/mol. The molecule has 0 radical (unpaired) electrons. The number of benzene rings is 1. The maximum absolute atomic E-state index is 12.6. The summed E-state index contributed by atoms with van der Waals surface area (Å²) in [4.78, 5) is 17.7. The molecule has 1 aromatic carbocycles. The average Bonchev–Trinajstić information content (AvgIpc) is 3.20. The Morgan fingerprint density at radius 2 is 1.87 bits per heavy atom. The van der Waals surface area contributed by atoms with E-state index < -0.39 is 13.0 Å². The lowest BCUT2D eigenvalue weighted by molar-refractivity contribution is 0.0804. The monoisotopic (exact) mass is 428 g/mol. The first-order chi connectivity index (χ1) is 15.2. The highest BCUT2D eigenvalue weighted by Crippen LogP contribution is 2.28. The molecular formula is C22H26F2N6O. The first-order valence-electron chi connectivity index (χ1n) is 10.8. The van der Waals surface area contributed by atoms with Crippen molar-refractivity contribution in [3.63, 3.8) is 0 Å². The van der Waals surface area contributed by atoms with Gasteiger partial charge in [0.1, 0.15) is 12.2 Å². The van der Waals surface area contributed by atoms with Gasteiger partial charge in [-0.3, -0.25) is 4.90 Å². The number of piperazine rings is 1. The molecule has 5 rings (SSSR count). The van der Waals surface area contributed by atoms with E-state index >= 15 is 0 Å². The van der Waals surface area contributed by atoms with Crippen LogP contribution in [0.2, 0.25) is 0 Å². The van der Waals surface area contributed by atoms with Gasteiger partial charge >= 0.3 is 0 Å². The van der Waals surface area contributed by atoms with Gasteiger partial charge in [-0.2, -0.15) is 0 Å². The van der Waals surface area contributed by atoms with Gasteiger partial charge in [-0.1, -0.05) is 0 Å². The fourth-order valence-electron chi connectivity index (χ4n) is 4.47. The normalized spacial score (nSPS) is 17.3. The number of hydrogen-bond acceptors (Lipinski definition) is 6. The van der Waals surface area contributed by atoms with E-state index in [0.29, 0.717) is 10.9 Å². The molecule has 1 fully saturated rings. The van der Waals surface area contributed by atoms with Crippen LogP contribution in [0.1, 0.15) is 24.4 Å². The predicted molar refractivity (Wildman–Crippen MR) is 114 cm³/mol. The number of hydrogen-bond donors (Lipinski definition) is 0. The standard InChI is InChI=1S/C22H26F2N6O/c23-20(24)14-31-22-18-11-16(4-5-19(18)26-15-27-22)29-9-7-28(8-10-29)13-17-12-25-21-3-1-2-6-30(17)21/h4-5,11-12,15,20H,1-3,6-10,13-14H2. The lowest BCUT2D eigenvalue weighted by atomic mass is 10.1. The van der Waals surface area contributed by atoms with E-state index in [0.717, 1.165) is 51.4 Å². The molecule has 9 heteroatoms. The topological polar surface area (TPSA) is 59.3 Å². The van der Waals surface area contributed by atoms with E-state index in [2.05, 4.69) is 29.3 Å². The number of aryl methyl sites for hydroxylation is 1. The molecule has 0 bridgehead atoms. The minimum absolute atomic E-state index is 0.205. The highest BCUT2D eigenvalue weighted by atomic mass is 19.3. The van der Waals surface area contributed by atoms with Crippen LogP contribution in [0.15, 0.2) is 30.7 Å². The molecule has 0 unspecified atom stereocenters. The Morgan fingerprint density at radius 3 is 2.71 bits per heavy atom. The molecule has 0 spiro atoms. The molecule has 164 valence electrons. The van der Waals surface area contributed by atoms with Gasteiger partial charge in [0.15, 0.2) is 6.61 Å². The Morgan fingerprint density at radius 1 is 1.00 bits per heavy atom. The van der Waals surface area contributed by atoms with Crippen LogP contribution in [0.3, 0.4) is 0 Å². The van der Waals surface area contributed by atoms with E-state index in [1.54, 1.807) is 0 Å². The van der Waals surface area contributed by atoms with Crippen molar-refractivity contribution in [2.45, 2.75) is 38.8 Å². The zero-order valence-electron chi connectivity index (χ0n) is 17.4. The maximum Gasteiger partial charge on any atom is 0.272 e. The van der Waals surface area contributed by atoms with Crippen molar-refractivity contribution in [2.24, 2.45) is 0 Å². The quantitative estimate of drug-likeness (QED) is 0.601. The molecule has 0 saturated carbocycles.